The van der Waals surface area contributed by atoms with E-state index < -0.39 is 33.8 Å². The molecule has 2 aromatic rings. The average Bonchev–Trinajstić information content (AvgIpc) is 3.20. The van der Waals surface area contributed by atoms with Crippen LogP contribution in [0.15, 0.2) is 35.7 Å². The molecule has 174 valence electrons. The third-order valence-corrected chi connectivity index (χ3v) is 7.99. The molecule has 10 nitrogen and oxygen atoms in total. The third-order valence-electron chi connectivity index (χ3n) is 5.35. The highest BCUT2D eigenvalue weighted by molar-refractivity contribution is 7.89. The smallest absolute Gasteiger partial charge is 0.240 e. The Labute approximate surface area is 191 Å². The number of thiazole rings is 1. The first-order valence-corrected chi connectivity index (χ1v) is 12.7. The second-order valence-corrected chi connectivity index (χ2v) is 10.5. The third kappa shape index (κ3) is 5.82. The second-order valence-electron chi connectivity index (χ2n) is 7.64. The molecule has 2 atom stereocenters. The molecule has 1 fully saturated rings. The highest BCUT2D eigenvalue weighted by Gasteiger charge is 2.37. The van der Waals surface area contributed by atoms with Crippen molar-refractivity contribution in [3.63, 3.8) is 0 Å². The van der Waals surface area contributed by atoms with E-state index in [-0.39, 0.29) is 23.1 Å². The quantitative estimate of drug-likeness (QED) is 0.458. The van der Waals surface area contributed by atoms with Crippen LogP contribution in [-0.4, -0.2) is 67.5 Å². The van der Waals surface area contributed by atoms with Crippen molar-refractivity contribution in [1.29, 1.82) is 0 Å². The molecule has 1 aliphatic rings. The molecule has 0 spiro atoms. The Morgan fingerprint density at radius 1 is 1.25 bits per heavy atom. The normalized spacial score (nSPS) is 16.9. The highest BCUT2D eigenvalue weighted by Crippen LogP contribution is 2.26. The van der Waals surface area contributed by atoms with Crippen LogP contribution in [0.4, 0.5) is 10.9 Å². The van der Waals surface area contributed by atoms with E-state index in [1.54, 1.807) is 5.38 Å². The number of carbonyl (C=O) groups is 2. The van der Waals surface area contributed by atoms with Crippen molar-refractivity contribution in [2.75, 3.05) is 42.6 Å². The summed E-state index contributed by atoms with van der Waals surface area (Å²) in [5.41, 5.74) is 12.0. The zero-order chi connectivity index (χ0) is 23.3. The average molecular weight is 481 g/mol. The Balaban J connectivity index is 1.95. The van der Waals surface area contributed by atoms with E-state index in [9.17, 15) is 18.0 Å². The SMILES string of the molecule is CC(C(N)=O)N(C(=O)C(Cc1ccccc1)CS(=O)(=O)N1CCNCC1)c1csc(N)n1. The summed E-state index contributed by atoms with van der Waals surface area (Å²) >= 11 is 1.12. The first-order valence-electron chi connectivity index (χ1n) is 10.2. The molecule has 32 heavy (non-hydrogen) atoms. The lowest BCUT2D eigenvalue weighted by atomic mass is 9.99. The van der Waals surface area contributed by atoms with Gasteiger partial charge in [-0.3, -0.25) is 14.5 Å². The number of nitrogen functional groups attached to an aromatic ring is 1. The largest absolute Gasteiger partial charge is 0.375 e. The number of rotatable bonds is 9. The van der Waals surface area contributed by atoms with Crippen molar-refractivity contribution in [2.24, 2.45) is 11.7 Å². The summed E-state index contributed by atoms with van der Waals surface area (Å²) in [6.45, 7) is 3.29. The van der Waals surface area contributed by atoms with Crippen LogP contribution < -0.4 is 21.7 Å². The van der Waals surface area contributed by atoms with Gasteiger partial charge in [0.1, 0.15) is 11.9 Å². The van der Waals surface area contributed by atoms with E-state index in [1.165, 1.54) is 11.2 Å². The van der Waals surface area contributed by atoms with Crippen molar-refractivity contribution in [2.45, 2.75) is 19.4 Å². The van der Waals surface area contributed by atoms with Gasteiger partial charge in [-0.15, -0.1) is 11.3 Å². The lowest BCUT2D eigenvalue weighted by molar-refractivity contribution is -0.126. The van der Waals surface area contributed by atoms with Gasteiger partial charge in [0.2, 0.25) is 21.8 Å². The molecule has 0 radical (unpaired) electrons. The molecule has 12 heteroatoms. The maximum atomic E-state index is 13.7. The number of primary amides is 1. The Bertz CT molecular complexity index is 1040. The molecule has 1 aromatic carbocycles. The number of sulfonamides is 1. The van der Waals surface area contributed by atoms with Crippen molar-refractivity contribution in [1.82, 2.24) is 14.6 Å². The summed E-state index contributed by atoms with van der Waals surface area (Å²) in [4.78, 5) is 31.0. The Kier molecular flexibility index (Phi) is 7.82. The number of anilines is 2. The Morgan fingerprint density at radius 2 is 1.91 bits per heavy atom. The van der Waals surface area contributed by atoms with Gasteiger partial charge in [0.05, 0.1) is 11.7 Å². The van der Waals surface area contributed by atoms with Gasteiger partial charge >= 0.3 is 0 Å². The minimum Gasteiger partial charge on any atom is -0.375 e. The molecule has 3 rings (SSSR count). The molecule has 0 saturated carbocycles. The molecule has 2 heterocycles. The molecule has 0 aliphatic carbocycles. The summed E-state index contributed by atoms with van der Waals surface area (Å²) in [5, 5.41) is 4.90. The van der Waals surface area contributed by atoms with Crippen molar-refractivity contribution in [3.8, 4) is 0 Å². The van der Waals surface area contributed by atoms with E-state index in [2.05, 4.69) is 10.3 Å². The first kappa shape index (κ1) is 24.1. The monoisotopic (exact) mass is 480 g/mol. The fourth-order valence-corrected chi connectivity index (χ4v) is 5.87. The van der Waals surface area contributed by atoms with Gasteiger partial charge in [0, 0.05) is 31.6 Å². The van der Waals surface area contributed by atoms with Crippen LogP contribution in [0.25, 0.3) is 0 Å². The maximum absolute atomic E-state index is 13.7. The molecule has 2 amide bonds. The number of nitrogens with one attached hydrogen (secondary N) is 1. The number of nitrogens with two attached hydrogens (primary N) is 2. The first-order chi connectivity index (χ1) is 15.2. The van der Waals surface area contributed by atoms with Crippen molar-refractivity contribution >= 4 is 44.1 Å². The summed E-state index contributed by atoms with van der Waals surface area (Å²) in [5.74, 6) is -2.41. The van der Waals surface area contributed by atoms with E-state index in [0.717, 1.165) is 21.8 Å². The van der Waals surface area contributed by atoms with Crippen LogP contribution in [0.1, 0.15) is 12.5 Å². The fraction of sp³-hybridized carbons (Fsp3) is 0.450. The van der Waals surface area contributed by atoms with Crippen LogP contribution in [-0.2, 0) is 26.0 Å². The number of piperazine rings is 1. The molecule has 5 N–H and O–H groups in total. The van der Waals surface area contributed by atoms with Gasteiger partial charge in [-0.25, -0.2) is 13.4 Å². The van der Waals surface area contributed by atoms with Gasteiger partial charge in [0.15, 0.2) is 5.13 Å². The molecular formula is C20H28N6O4S2. The van der Waals surface area contributed by atoms with Crippen LogP contribution >= 0.6 is 11.3 Å². The predicted molar refractivity (Wildman–Crippen MR) is 125 cm³/mol. The van der Waals surface area contributed by atoms with Gasteiger partial charge in [0.25, 0.3) is 0 Å². The number of hydrogen-bond donors (Lipinski definition) is 3. The van der Waals surface area contributed by atoms with Gasteiger partial charge in [-0.1, -0.05) is 30.3 Å². The number of benzene rings is 1. The number of aromatic nitrogens is 1. The minimum absolute atomic E-state index is 0.182. The zero-order valence-corrected chi connectivity index (χ0v) is 19.4. The second kappa shape index (κ2) is 10.4. The summed E-state index contributed by atoms with van der Waals surface area (Å²) in [7, 11) is -3.72. The predicted octanol–water partition coefficient (Wildman–Crippen LogP) is 0.0260. The van der Waals surface area contributed by atoms with Crippen molar-refractivity contribution in [3.05, 3.63) is 41.3 Å². The summed E-state index contributed by atoms with van der Waals surface area (Å²) in [6.07, 6.45) is 0.187. The van der Waals surface area contributed by atoms with Gasteiger partial charge in [-0.05, 0) is 18.9 Å². The van der Waals surface area contributed by atoms with Crippen molar-refractivity contribution < 1.29 is 18.0 Å². The lowest BCUT2D eigenvalue weighted by Gasteiger charge is -2.31. The van der Waals surface area contributed by atoms with Crippen LogP contribution in [0.5, 0.6) is 0 Å². The number of carbonyl (C=O) groups excluding carboxylic acids is 2. The maximum Gasteiger partial charge on any atom is 0.240 e. The van der Waals surface area contributed by atoms with Crippen LogP contribution in [0.3, 0.4) is 0 Å². The topological polar surface area (TPSA) is 152 Å². The number of amides is 2. The van der Waals surface area contributed by atoms with E-state index in [4.69, 9.17) is 11.5 Å². The summed E-state index contributed by atoms with van der Waals surface area (Å²) < 4.78 is 27.7. The number of hydrogen-bond acceptors (Lipinski definition) is 8. The molecule has 0 bridgehead atoms. The van der Waals surface area contributed by atoms with E-state index >= 15 is 0 Å². The Morgan fingerprint density at radius 3 is 2.47 bits per heavy atom. The molecular weight excluding hydrogens is 452 g/mol. The standard InChI is InChI=1S/C20H28N6O4S2/c1-14(18(21)27)26(17-12-31-20(22)24-17)19(28)16(11-15-5-3-2-4-6-15)13-32(29,30)25-9-7-23-8-10-25/h2-6,12,14,16,23H,7-11,13H2,1H3,(H2,21,27)(H2,22,24). The van der Waals surface area contributed by atoms with E-state index in [0.29, 0.717) is 26.2 Å². The molecule has 1 aromatic heterocycles. The highest BCUT2D eigenvalue weighted by atomic mass is 32.2. The fourth-order valence-electron chi connectivity index (χ4n) is 3.61. The number of nitrogens with zero attached hydrogens (tertiary/aromatic N) is 3. The minimum atomic E-state index is -3.72. The summed E-state index contributed by atoms with van der Waals surface area (Å²) in [6, 6.07) is 8.14. The molecule has 1 saturated heterocycles. The van der Waals surface area contributed by atoms with Crippen LogP contribution in [0.2, 0.25) is 0 Å². The van der Waals surface area contributed by atoms with Crippen LogP contribution in [0, 0.1) is 5.92 Å². The molecule has 2 unspecified atom stereocenters. The Hall–Kier alpha value is -2.54. The zero-order valence-electron chi connectivity index (χ0n) is 17.8. The van der Waals surface area contributed by atoms with E-state index in [1.807, 2.05) is 30.3 Å². The molecule has 1 aliphatic heterocycles. The van der Waals surface area contributed by atoms with Gasteiger partial charge in [-0.2, -0.15) is 4.31 Å². The lowest BCUT2D eigenvalue weighted by Crippen LogP contribution is -2.52. The van der Waals surface area contributed by atoms with Gasteiger partial charge < -0.3 is 16.8 Å².